The van der Waals surface area contributed by atoms with Crippen molar-refractivity contribution >= 4 is 17.5 Å². The Morgan fingerprint density at radius 2 is 2.31 bits per heavy atom. The normalized spacial score (nSPS) is 15.6. The van der Waals surface area contributed by atoms with Gasteiger partial charge in [0, 0.05) is 11.3 Å². The van der Waals surface area contributed by atoms with E-state index < -0.39 is 0 Å². The van der Waals surface area contributed by atoms with Crippen LogP contribution in [0.2, 0.25) is 0 Å². The largest absolute Gasteiger partial charge is 0.392 e. The summed E-state index contributed by atoms with van der Waals surface area (Å²) in [4.78, 5) is 12.3. The summed E-state index contributed by atoms with van der Waals surface area (Å²) in [6.07, 6.45) is 0.524. The van der Waals surface area contributed by atoms with Crippen molar-refractivity contribution in [2.75, 3.05) is 5.75 Å². The molecule has 1 aromatic carbocycles. The predicted molar refractivity (Wildman–Crippen MR) is 51.8 cm³/mol. The van der Waals surface area contributed by atoms with Crippen molar-refractivity contribution in [2.24, 2.45) is 0 Å². The number of benzene rings is 1. The molecule has 3 heteroatoms. The van der Waals surface area contributed by atoms with E-state index in [2.05, 4.69) is 0 Å². The SMILES string of the molecule is O=C1CSc2ccc(CO)cc2C1. The van der Waals surface area contributed by atoms with Gasteiger partial charge in [0.1, 0.15) is 5.78 Å². The zero-order valence-electron chi connectivity index (χ0n) is 7.12. The highest BCUT2D eigenvalue weighted by Crippen LogP contribution is 2.28. The molecule has 1 aliphatic heterocycles. The molecule has 68 valence electrons. The fraction of sp³-hybridized carbons (Fsp3) is 0.300. The van der Waals surface area contributed by atoms with Crippen LogP contribution in [0.1, 0.15) is 11.1 Å². The highest BCUT2D eigenvalue weighted by molar-refractivity contribution is 8.00. The molecule has 0 bridgehead atoms. The first-order valence-corrected chi connectivity index (χ1v) is 5.15. The Hall–Kier alpha value is -0.800. The van der Waals surface area contributed by atoms with Gasteiger partial charge in [-0.3, -0.25) is 4.79 Å². The quantitative estimate of drug-likeness (QED) is 0.734. The van der Waals surface area contributed by atoms with Crippen LogP contribution in [-0.2, 0) is 17.8 Å². The minimum absolute atomic E-state index is 0.0478. The third kappa shape index (κ3) is 1.76. The standard InChI is InChI=1S/C10H10O2S/c11-5-7-1-2-10-8(3-7)4-9(12)6-13-10/h1-3,11H,4-6H2. The lowest BCUT2D eigenvalue weighted by Crippen LogP contribution is -2.12. The lowest BCUT2D eigenvalue weighted by molar-refractivity contribution is -0.116. The summed E-state index contributed by atoms with van der Waals surface area (Å²) in [5.41, 5.74) is 1.95. The van der Waals surface area contributed by atoms with Crippen molar-refractivity contribution in [1.82, 2.24) is 0 Å². The summed E-state index contributed by atoms with van der Waals surface area (Å²) in [6.45, 7) is 0.0478. The minimum Gasteiger partial charge on any atom is -0.392 e. The van der Waals surface area contributed by atoms with Gasteiger partial charge in [0.2, 0.25) is 0 Å². The molecule has 0 aromatic heterocycles. The predicted octanol–water partition coefficient (Wildman–Crippen LogP) is 1.40. The van der Waals surface area contributed by atoms with Gasteiger partial charge in [-0.25, -0.2) is 0 Å². The van der Waals surface area contributed by atoms with Crippen LogP contribution in [0.25, 0.3) is 0 Å². The van der Waals surface area contributed by atoms with E-state index in [0.29, 0.717) is 12.2 Å². The van der Waals surface area contributed by atoms with Crippen LogP contribution in [0.5, 0.6) is 0 Å². The van der Waals surface area contributed by atoms with E-state index in [4.69, 9.17) is 5.11 Å². The molecule has 0 amide bonds. The van der Waals surface area contributed by atoms with Crippen LogP contribution in [0.4, 0.5) is 0 Å². The Labute approximate surface area is 81.0 Å². The summed E-state index contributed by atoms with van der Waals surface area (Å²) in [5, 5.41) is 8.91. The monoisotopic (exact) mass is 194 g/mol. The third-order valence-electron chi connectivity index (χ3n) is 2.08. The van der Waals surface area contributed by atoms with Crippen molar-refractivity contribution in [3.8, 4) is 0 Å². The molecule has 2 rings (SSSR count). The molecule has 0 atom stereocenters. The maximum atomic E-state index is 11.1. The van der Waals surface area contributed by atoms with Crippen LogP contribution in [-0.4, -0.2) is 16.6 Å². The Balaban J connectivity index is 2.38. The lowest BCUT2D eigenvalue weighted by Gasteiger charge is -2.14. The lowest BCUT2D eigenvalue weighted by atomic mass is 10.1. The Bertz CT molecular complexity index is 347. The van der Waals surface area contributed by atoms with Gasteiger partial charge in [-0.05, 0) is 17.2 Å². The molecule has 1 heterocycles. The second-order valence-corrected chi connectivity index (χ2v) is 4.12. The van der Waals surface area contributed by atoms with E-state index in [1.54, 1.807) is 11.8 Å². The van der Waals surface area contributed by atoms with Gasteiger partial charge in [0.05, 0.1) is 12.4 Å². The molecule has 13 heavy (non-hydrogen) atoms. The molecule has 0 fully saturated rings. The van der Waals surface area contributed by atoms with Crippen molar-refractivity contribution in [2.45, 2.75) is 17.9 Å². The van der Waals surface area contributed by atoms with Crippen LogP contribution in [0.15, 0.2) is 23.1 Å². The van der Waals surface area contributed by atoms with Gasteiger partial charge in [-0.2, -0.15) is 0 Å². The summed E-state index contributed by atoms with van der Waals surface area (Å²) in [7, 11) is 0. The summed E-state index contributed by atoms with van der Waals surface area (Å²) >= 11 is 1.58. The van der Waals surface area contributed by atoms with Crippen LogP contribution < -0.4 is 0 Å². The number of aliphatic hydroxyl groups excluding tert-OH is 1. The number of aliphatic hydroxyl groups is 1. The zero-order chi connectivity index (χ0) is 9.26. The number of Topliss-reactive ketones (excluding diaryl/α,β-unsaturated/α-hetero) is 1. The van der Waals surface area contributed by atoms with E-state index in [1.165, 1.54) is 4.90 Å². The van der Waals surface area contributed by atoms with Gasteiger partial charge < -0.3 is 5.11 Å². The zero-order valence-corrected chi connectivity index (χ0v) is 7.93. The smallest absolute Gasteiger partial charge is 0.147 e. The number of thioether (sulfide) groups is 1. The molecule has 0 aliphatic carbocycles. The minimum atomic E-state index is 0.0478. The van der Waals surface area contributed by atoms with E-state index in [0.717, 1.165) is 11.1 Å². The maximum absolute atomic E-state index is 11.1. The van der Waals surface area contributed by atoms with E-state index in [-0.39, 0.29) is 12.4 Å². The maximum Gasteiger partial charge on any atom is 0.147 e. The van der Waals surface area contributed by atoms with E-state index >= 15 is 0 Å². The van der Waals surface area contributed by atoms with Gasteiger partial charge in [-0.1, -0.05) is 12.1 Å². The molecule has 1 N–H and O–H groups in total. The van der Waals surface area contributed by atoms with Crippen molar-refractivity contribution in [1.29, 1.82) is 0 Å². The first kappa shape index (κ1) is 8.78. The van der Waals surface area contributed by atoms with Gasteiger partial charge in [-0.15, -0.1) is 11.8 Å². The molecule has 0 radical (unpaired) electrons. The van der Waals surface area contributed by atoms with E-state index in [9.17, 15) is 4.79 Å². The molecule has 1 aliphatic rings. The summed E-state index contributed by atoms with van der Waals surface area (Å²) in [5.74, 6) is 0.860. The van der Waals surface area contributed by atoms with Crippen LogP contribution in [0.3, 0.4) is 0 Å². The second kappa shape index (κ2) is 3.52. The van der Waals surface area contributed by atoms with Crippen molar-refractivity contribution < 1.29 is 9.90 Å². The van der Waals surface area contributed by atoms with Crippen LogP contribution >= 0.6 is 11.8 Å². The fourth-order valence-corrected chi connectivity index (χ4v) is 2.33. The number of carbonyl (C=O) groups is 1. The summed E-state index contributed by atoms with van der Waals surface area (Å²) in [6, 6.07) is 5.80. The molecule has 0 spiro atoms. The number of rotatable bonds is 1. The number of hydrogen-bond donors (Lipinski definition) is 1. The topological polar surface area (TPSA) is 37.3 Å². The average molecular weight is 194 g/mol. The number of hydrogen-bond acceptors (Lipinski definition) is 3. The Kier molecular flexibility index (Phi) is 2.38. The van der Waals surface area contributed by atoms with Gasteiger partial charge >= 0.3 is 0 Å². The third-order valence-corrected chi connectivity index (χ3v) is 3.26. The number of fused-ring (bicyclic) bond motifs is 1. The first-order chi connectivity index (χ1) is 6.29. The molecular formula is C10H10O2S. The molecule has 2 nitrogen and oxygen atoms in total. The van der Waals surface area contributed by atoms with Gasteiger partial charge in [0.25, 0.3) is 0 Å². The number of carbonyl (C=O) groups excluding carboxylic acids is 1. The highest BCUT2D eigenvalue weighted by atomic mass is 32.2. The summed E-state index contributed by atoms with van der Waals surface area (Å²) < 4.78 is 0. The highest BCUT2D eigenvalue weighted by Gasteiger charge is 2.15. The molecule has 0 saturated heterocycles. The number of ketones is 1. The van der Waals surface area contributed by atoms with Crippen molar-refractivity contribution in [3.63, 3.8) is 0 Å². The molecule has 1 aromatic rings. The Morgan fingerprint density at radius 1 is 1.46 bits per heavy atom. The fourth-order valence-electron chi connectivity index (χ4n) is 1.43. The van der Waals surface area contributed by atoms with Crippen molar-refractivity contribution in [3.05, 3.63) is 29.3 Å². The average Bonchev–Trinajstić information content (AvgIpc) is 2.16. The second-order valence-electron chi connectivity index (χ2n) is 3.10. The first-order valence-electron chi connectivity index (χ1n) is 4.17. The molecule has 0 unspecified atom stereocenters. The van der Waals surface area contributed by atoms with E-state index in [1.807, 2.05) is 18.2 Å². The van der Waals surface area contributed by atoms with Crippen LogP contribution in [0, 0.1) is 0 Å². The van der Waals surface area contributed by atoms with Gasteiger partial charge in [0.15, 0.2) is 0 Å². The Morgan fingerprint density at radius 3 is 3.08 bits per heavy atom. The molecular weight excluding hydrogens is 184 g/mol. The molecule has 0 saturated carbocycles.